The van der Waals surface area contributed by atoms with Gasteiger partial charge < -0.3 is 15.3 Å². The van der Waals surface area contributed by atoms with Gasteiger partial charge in [0.25, 0.3) is 0 Å². The molecule has 1 aliphatic carbocycles. The number of fused-ring (bicyclic) bond motifs is 1. The number of halogens is 1. The van der Waals surface area contributed by atoms with E-state index in [2.05, 4.69) is 18.1 Å². The number of nitrogens with two attached hydrogens (primary N) is 1. The minimum Gasteiger partial charge on any atom is -0.496 e. The number of carbonyl (C=O) groups excluding carboxylic acids is 1. The highest BCUT2D eigenvalue weighted by Crippen LogP contribution is 2.53. The summed E-state index contributed by atoms with van der Waals surface area (Å²) in [4.78, 5) is 12.9. The van der Waals surface area contributed by atoms with E-state index in [-0.39, 0.29) is 23.4 Å². The summed E-state index contributed by atoms with van der Waals surface area (Å²) >= 11 is 6.12. The molecule has 1 fully saturated rings. The van der Waals surface area contributed by atoms with Crippen molar-refractivity contribution in [3.63, 3.8) is 0 Å². The molecule has 6 heteroatoms. The topological polar surface area (TPSA) is 76.1 Å². The zero-order chi connectivity index (χ0) is 20.8. The van der Waals surface area contributed by atoms with Crippen molar-refractivity contribution in [2.45, 2.75) is 30.6 Å². The highest BCUT2D eigenvalue weighted by Gasteiger charge is 2.58. The number of aryl methyl sites for hydroxylation is 1. The molecule has 0 aromatic heterocycles. The zero-order valence-electron chi connectivity index (χ0n) is 16.4. The molecule has 0 bridgehead atoms. The predicted octanol–water partition coefficient (Wildman–Crippen LogP) is 4.09. The lowest BCUT2D eigenvalue weighted by Gasteiger charge is -2.42. The van der Waals surface area contributed by atoms with Crippen LogP contribution in [0.4, 0.5) is 0 Å². The molecule has 1 heterocycles. The van der Waals surface area contributed by atoms with Crippen LogP contribution in [-0.4, -0.2) is 25.0 Å². The molecule has 2 N–H and O–H groups in total. The summed E-state index contributed by atoms with van der Waals surface area (Å²) in [6, 6.07) is 13.9. The summed E-state index contributed by atoms with van der Waals surface area (Å²) in [5, 5.41) is 10.2. The van der Waals surface area contributed by atoms with Crippen LogP contribution >= 0.6 is 11.6 Å². The molecule has 0 amide bonds. The number of ether oxygens (including phenoxy) is 1. The number of carbonyl (C=O) groups is 1. The molecule has 0 radical (unpaired) electrons. The Morgan fingerprint density at radius 2 is 2.00 bits per heavy atom. The van der Waals surface area contributed by atoms with Gasteiger partial charge in [-0.2, -0.15) is 0 Å². The SMILES string of the molecule is COc1cc(C)ccc1C1C=CC2(N)C(=O)B(C#N)CC2C1c1ccc(Cl)cc1. The second-order valence-corrected chi connectivity index (χ2v) is 8.47. The largest absolute Gasteiger partial charge is 0.496 e. The molecular weight excluding hydrogens is 383 g/mol. The number of nitrogens with zero attached hydrogens (tertiary/aromatic N) is 1. The van der Waals surface area contributed by atoms with E-state index < -0.39 is 12.3 Å². The molecule has 1 aliphatic heterocycles. The highest BCUT2D eigenvalue weighted by atomic mass is 35.5. The van der Waals surface area contributed by atoms with Crippen LogP contribution in [0, 0.1) is 24.1 Å². The third-order valence-corrected chi connectivity index (χ3v) is 6.66. The summed E-state index contributed by atoms with van der Waals surface area (Å²) in [6.07, 6.45) is 4.28. The fourth-order valence-electron chi connectivity index (χ4n) is 4.95. The smallest absolute Gasteiger partial charge is 0.347 e. The maximum Gasteiger partial charge on any atom is 0.347 e. The monoisotopic (exact) mass is 404 g/mol. The molecule has 4 nitrogen and oxygen atoms in total. The minimum absolute atomic E-state index is 0.0290. The van der Waals surface area contributed by atoms with Gasteiger partial charge in [0.15, 0.2) is 0 Å². The lowest BCUT2D eigenvalue weighted by atomic mass is 9.48. The number of hydrogen-bond acceptors (Lipinski definition) is 4. The van der Waals surface area contributed by atoms with Gasteiger partial charge in [0, 0.05) is 22.5 Å². The van der Waals surface area contributed by atoms with Crippen molar-refractivity contribution in [1.29, 1.82) is 5.26 Å². The van der Waals surface area contributed by atoms with Gasteiger partial charge in [-0.15, -0.1) is 0 Å². The second-order valence-electron chi connectivity index (χ2n) is 8.03. The van der Waals surface area contributed by atoms with Crippen molar-refractivity contribution in [2.24, 2.45) is 11.7 Å². The van der Waals surface area contributed by atoms with Crippen LogP contribution in [0.3, 0.4) is 0 Å². The molecule has 2 aliphatic rings. The summed E-state index contributed by atoms with van der Waals surface area (Å²) in [6.45, 7) is 1.35. The Morgan fingerprint density at radius 3 is 2.66 bits per heavy atom. The molecule has 4 unspecified atom stereocenters. The van der Waals surface area contributed by atoms with Crippen LogP contribution in [-0.2, 0) is 4.79 Å². The van der Waals surface area contributed by atoms with Gasteiger partial charge in [-0.25, -0.2) is 5.26 Å². The Balaban J connectivity index is 1.89. The van der Waals surface area contributed by atoms with Crippen molar-refractivity contribution in [3.05, 3.63) is 76.3 Å². The first-order chi connectivity index (χ1) is 13.9. The van der Waals surface area contributed by atoms with E-state index in [4.69, 9.17) is 22.1 Å². The van der Waals surface area contributed by atoms with E-state index in [1.165, 1.54) is 0 Å². The average Bonchev–Trinajstić information content (AvgIpc) is 2.98. The van der Waals surface area contributed by atoms with Gasteiger partial charge in [-0.3, -0.25) is 0 Å². The second kappa shape index (κ2) is 7.37. The van der Waals surface area contributed by atoms with Crippen LogP contribution in [0.2, 0.25) is 11.3 Å². The lowest BCUT2D eigenvalue weighted by Crippen LogP contribution is -2.53. The van der Waals surface area contributed by atoms with Gasteiger partial charge in [0.05, 0.1) is 12.6 Å². The molecular formula is C23H22BClN2O2. The fraction of sp³-hybridized carbons (Fsp3) is 0.304. The fourth-order valence-corrected chi connectivity index (χ4v) is 5.08. The third kappa shape index (κ3) is 3.17. The van der Waals surface area contributed by atoms with E-state index in [0.717, 1.165) is 22.4 Å². The quantitative estimate of drug-likeness (QED) is 0.617. The van der Waals surface area contributed by atoms with Crippen LogP contribution in [0.25, 0.3) is 0 Å². The van der Waals surface area contributed by atoms with Crippen molar-refractivity contribution < 1.29 is 9.53 Å². The van der Waals surface area contributed by atoms with Crippen LogP contribution in [0.5, 0.6) is 5.75 Å². The normalized spacial score (nSPS) is 28.2. The van der Waals surface area contributed by atoms with Crippen LogP contribution in [0.1, 0.15) is 28.5 Å². The van der Waals surface area contributed by atoms with Crippen LogP contribution < -0.4 is 10.5 Å². The Labute approximate surface area is 176 Å². The van der Waals surface area contributed by atoms with Crippen molar-refractivity contribution in [2.75, 3.05) is 7.11 Å². The van der Waals surface area contributed by atoms with E-state index >= 15 is 0 Å². The molecule has 146 valence electrons. The van der Waals surface area contributed by atoms with E-state index in [0.29, 0.717) is 11.3 Å². The first-order valence-electron chi connectivity index (χ1n) is 9.71. The lowest BCUT2D eigenvalue weighted by molar-refractivity contribution is -0.116. The van der Waals surface area contributed by atoms with Crippen LogP contribution in [0.15, 0.2) is 54.6 Å². The molecule has 0 spiro atoms. The summed E-state index contributed by atoms with van der Waals surface area (Å²) in [5.41, 5.74) is 8.52. The molecule has 2 aromatic carbocycles. The van der Waals surface area contributed by atoms with Gasteiger partial charge in [0.2, 0.25) is 0 Å². The van der Waals surface area contributed by atoms with Crippen molar-refractivity contribution in [3.8, 4) is 11.7 Å². The number of hydrogen-bond donors (Lipinski definition) is 1. The zero-order valence-corrected chi connectivity index (χ0v) is 17.2. The molecule has 0 saturated carbocycles. The predicted molar refractivity (Wildman–Crippen MR) is 115 cm³/mol. The number of rotatable bonds is 3. The number of benzene rings is 2. The Bertz CT molecular complexity index is 1030. The van der Waals surface area contributed by atoms with E-state index in [1.54, 1.807) is 7.11 Å². The molecule has 4 rings (SSSR count). The van der Waals surface area contributed by atoms with E-state index in [1.807, 2.05) is 49.4 Å². The molecule has 1 saturated heterocycles. The van der Waals surface area contributed by atoms with E-state index in [9.17, 15) is 10.1 Å². The maximum absolute atomic E-state index is 12.9. The first kappa shape index (κ1) is 19.8. The first-order valence-corrected chi connectivity index (χ1v) is 10.1. The Kier molecular flexibility index (Phi) is 5.02. The summed E-state index contributed by atoms with van der Waals surface area (Å²) in [7, 11) is 1.67. The Hall–Kier alpha value is -2.55. The minimum atomic E-state index is -1.13. The third-order valence-electron chi connectivity index (χ3n) is 6.41. The number of allylic oxidation sites excluding steroid dienone is 1. The van der Waals surface area contributed by atoms with Gasteiger partial charge in [0.1, 0.15) is 11.4 Å². The number of nitriles is 1. The van der Waals surface area contributed by atoms with Gasteiger partial charge in [-0.1, -0.05) is 48.0 Å². The molecule has 2 aromatic rings. The van der Waals surface area contributed by atoms with Gasteiger partial charge in [-0.05, 0) is 54.4 Å². The summed E-state index contributed by atoms with van der Waals surface area (Å²) in [5.74, 6) is 2.69. The van der Waals surface area contributed by atoms with Gasteiger partial charge >= 0.3 is 6.71 Å². The summed E-state index contributed by atoms with van der Waals surface area (Å²) < 4.78 is 5.68. The Morgan fingerprint density at radius 1 is 1.28 bits per heavy atom. The maximum atomic E-state index is 12.9. The number of methoxy groups -OCH3 is 1. The van der Waals surface area contributed by atoms with Crippen molar-refractivity contribution >= 4 is 24.0 Å². The molecule has 4 atom stereocenters. The molecule has 29 heavy (non-hydrogen) atoms. The highest BCUT2D eigenvalue weighted by molar-refractivity contribution is 6.98. The average molecular weight is 405 g/mol. The standard InChI is InChI=1S/C23H22BClN2O2/c1-14-3-8-17(20(11-14)29-2)18-9-10-23(27)19(12-24(13-26)22(23)28)21(18)15-4-6-16(25)7-5-15/h3-11,18-19,21H,12,27H2,1-2H3. The van der Waals surface area contributed by atoms with Crippen molar-refractivity contribution in [1.82, 2.24) is 0 Å².